The lowest BCUT2D eigenvalue weighted by atomic mass is 10.0. The van der Waals surface area contributed by atoms with Crippen LogP contribution in [0.1, 0.15) is 59.9 Å². The second-order valence-electron chi connectivity index (χ2n) is 7.20. The van der Waals surface area contributed by atoms with Gasteiger partial charge in [-0.15, -0.1) is 0 Å². The Morgan fingerprint density at radius 2 is 1.50 bits per heavy atom. The van der Waals surface area contributed by atoms with E-state index in [0.717, 1.165) is 13.1 Å². The Kier molecular flexibility index (Phi) is 7.59. The zero-order valence-electron chi connectivity index (χ0n) is 16.4. The summed E-state index contributed by atoms with van der Waals surface area (Å²) in [5.41, 5.74) is 2.16. The van der Waals surface area contributed by atoms with Crippen LogP contribution in [0.4, 0.5) is 10.5 Å². The van der Waals surface area contributed by atoms with Crippen LogP contribution in [-0.2, 0) is 4.74 Å². The molecule has 4 nitrogen and oxygen atoms in total. The fourth-order valence-corrected chi connectivity index (χ4v) is 2.54. The van der Waals surface area contributed by atoms with Crippen molar-refractivity contribution in [3.05, 3.63) is 29.8 Å². The van der Waals surface area contributed by atoms with Crippen LogP contribution in [-0.4, -0.2) is 42.8 Å². The standard InChI is InChI=1S/C18H28N2O2.C2H6/c1-14(2)15-6-8-16(9-7-15)19-10-12-20(13-11-19)17(21)22-18(3,4)5;1-2/h6-9,14H,10-13H2,1-5H3;1-2H3. The summed E-state index contributed by atoms with van der Waals surface area (Å²) in [6.07, 6.45) is -0.206. The van der Waals surface area contributed by atoms with E-state index >= 15 is 0 Å². The maximum Gasteiger partial charge on any atom is 0.410 e. The van der Waals surface area contributed by atoms with Gasteiger partial charge in [0, 0.05) is 31.9 Å². The average molecular weight is 335 g/mol. The lowest BCUT2D eigenvalue weighted by Crippen LogP contribution is -2.50. The van der Waals surface area contributed by atoms with Gasteiger partial charge in [0.25, 0.3) is 0 Å². The van der Waals surface area contributed by atoms with Crippen LogP contribution in [0.15, 0.2) is 24.3 Å². The van der Waals surface area contributed by atoms with Gasteiger partial charge in [-0.25, -0.2) is 4.79 Å². The third-order valence-corrected chi connectivity index (χ3v) is 3.86. The molecule has 0 spiro atoms. The quantitative estimate of drug-likeness (QED) is 0.771. The normalized spacial score (nSPS) is 15.0. The predicted octanol–water partition coefficient (Wildman–Crippen LogP) is 4.89. The SMILES string of the molecule is CC.CC(C)c1ccc(N2CCN(C(=O)OC(C)(C)C)CC2)cc1. The molecule has 1 heterocycles. The van der Waals surface area contributed by atoms with E-state index in [4.69, 9.17) is 4.74 Å². The Morgan fingerprint density at radius 1 is 1.00 bits per heavy atom. The highest BCUT2D eigenvalue weighted by atomic mass is 16.6. The largest absolute Gasteiger partial charge is 0.444 e. The van der Waals surface area contributed by atoms with Gasteiger partial charge in [-0.05, 0) is 44.4 Å². The topological polar surface area (TPSA) is 32.8 Å². The first-order valence-electron chi connectivity index (χ1n) is 9.09. The van der Waals surface area contributed by atoms with Gasteiger partial charge in [0.15, 0.2) is 0 Å². The van der Waals surface area contributed by atoms with Crippen LogP contribution in [0.3, 0.4) is 0 Å². The van der Waals surface area contributed by atoms with Crippen LogP contribution in [0.5, 0.6) is 0 Å². The lowest BCUT2D eigenvalue weighted by molar-refractivity contribution is 0.0240. The van der Waals surface area contributed by atoms with E-state index in [1.165, 1.54) is 11.3 Å². The second kappa shape index (κ2) is 8.95. The van der Waals surface area contributed by atoms with Gasteiger partial charge in [-0.2, -0.15) is 0 Å². The van der Waals surface area contributed by atoms with Gasteiger partial charge >= 0.3 is 6.09 Å². The Morgan fingerprint density at radius 3 is 1.92 bits per heavy atom. The van der Waals surface area contributed by atoms with Crippen molar-refractivity contribution >= 4 is 11.8 Å². The number of benzene rings is 1. The number of carbonyl (C=O) groups excluding carboxylic acids is 1. The van der Waals surface area contributed by atoms with E-state index < -0.39 is 5.60 Å². The van der Waals surface area contributed by atoms with Crippen molar-refractivity contribution in [2.75, 3.05) is 31.1 Å². The summed E-state index contributed by atoms with van der Waals surface area (Å²) >= 11 is 0. The van der Waals surface area contributed by atoms with Crippen molar-refractivity contribution in [3.8, 4) is 0 Å². The maximum atomic E-state index is 12.1. The summed E-state index contributed by atoms with van der Waals surface area (Å²) in [5.74, 6) is 0.554. The summed E-state index contributed by atoms with van der Waals surface area (Å²) < 4.78 is 5.43. The van der Waals surface area contributed by atoms with Crippen molar-refractivity contribution in [3.63, 3.8) is 0 Å². The molecule has 1 aromatic carbocycles. The van der Waals surface area contributed by atoms with Gasteiger partial charge in [0.05, 0.1) is 0 Å². The van der Waals surface area contributed by atoms with Gasteiger partial charge in [0.2, 0.25) is 0 Å². The molecular weight excluding hydrogens is 300 g/mol. The monoisotopic (exact) mass is 334 g/mol. The molecule has 24 heavy (non-hydrogen) atoms. The zero-order valence-corrected chi connectivity index (χ0v) is 16.4. The number of anilines is 1. The van der Waals surface area contributed by atoms with E-state index in [9.17, 15) is 4.79 Å². The van der Waals surface area contributed by atoms with Crippen LogP contribution < -0.4 is 4.90 Å². The molecule has 1 aliphatic rings. The number of hydrogen-bond acceptors (Lipinski definition) is 3. The minimum absolute atomic E-state index is 0.206. The molecule has 0 bridgehead atoms. The number of amides is 1. The predicted molar refractivity (Wildman–Crippen MR) is 102 cm³/mol. The third-order valence-electron chi connectivity index (χ3n) is 3.86. The van der Waals surface area contributed by atoms with E-state index in [1.807, 2.05) is 34.6 Å². The van der Waals surface area contributed by atoms with Crippen molar-refractivity contribution in [2.24, 2.45) is 0 Å². The van der Waals surface area contributed by atoms with Gasteiger partial charge in [-0.1, -0.05) is 39.8 Å². The minimum atomic E-state index is -0.430. The zero-order chi connectivity index (χ0) is 18.3. The molecule has 136 valence electrons. The Bertz CT molecular complexity index is 495. The number of nitrogens with zero attached hydrogens (tertiary/aromatic N) is 2. The molecule has 1 saturated heterocycles. The van der Waals surface area contributed by atoms with Crippen molar-refractivity contribution in [1.29, 1.82) is 0 Å². The number of piperazine rings is 1. The van der Waals surface area contributed by atoms with Gasteiger partial charge in [0.1, 0.15) is 5.60 Å². The first-order valence-corrected chi connectivity index (χ1v) is 9.09. The van der Waals surface area contributed by atoms with Gasteiger partial charge < -0.3 is 14.5 Å². The summed E-state index contributed by atoms with van der Waals surface area (Å²) in [4.78, 5) is 16.2. The molecule has 4 heteroatoms. The van der Waals surface area contributed by atoms with Gasteiger partial charge in [-0.3, -0.25) is 0 Å². The number of hydrogen-bond donors (Lipinski definition) is 0. The fourth-order valence-electron chi connectivity index (χ4n) is 2.54. The summed E-state index contributed by atoms with van der Waals surface area (Å²) in [6.45, 7) is 17.2. The molecule has 2 rings (SSSR count). The van der Waals surface area contributed by atoms with Crippen molar-refractivity contribution in [1.82, 2.24) is 4.90 Å². The molecule has 1 aliphatic heterocycles. The molecule has 0 aromatic heterocycles. The number of carbonyl (C=O) groups is 1. The van der Waals surface area contributed by atoms with Crippen LogP contribution in [0.2, 0.25) is 0 Å². The highest BCUT2D eigenvalue weighted by Gasteiger charge is 2.25. The highest BCUT2D eigenvalue weighted by molar-refractivity contribution is 5.68. The molecule has 0 atom stereocenters. The first-order chi connectivity index (χ1) is 11.3. The fraction of sp³-hybridized carbons (Fsp3) is 0.650. The van der Waals surface area contributed by atoms with E-state index in [2.05, 4.69) is 43.0 Å². The summed E-state index contributed by atoms with van der Waals surface area (Å²) in [5, 5.41) is 0. The second-order valence-corrected chi connectivity index (χ2v) is 7.20. The van der Waals surface area contributed by atoms with E-state index in [1.54, 1.807) is 4.90 Å². The summed E-state index contributed by atoms with van der Waals surface area (Å²) in [6, 6.07) is 8.75. The first kappa shape index (κ1) is 20.3. The molecule has 1 aromatic rings. The molecule has 1 fully saturated rings. The molecule has 0 radical (unpaired) electrons. The lowest BCUT2D eigenvalue weighted by Gasteiger charge is -2.36. The summed E-state index contributed by atoms with van der Waals surface area (Å²) in [7, 11) is 0. The Hall–Kier alpha value is -1.71. The van der Waals surface area contributed by atoms with Crippen LogP contribution >= 0.6 is 0 Å². The molecule has 0 aliphatic carbocycles. The number of rotatable bonds is 2. The Balaban J connectivity index is 0.00000139. The van der Waals surface area contributed by atoms with E-state index in [0.29, 0.717) is 19.0 Å². The molecule has 0 saturated carbocycles. The molecule has 0 unspecified atom stereocenters. The minimum Gasteiger partial charge on any atom is -0.444 e. The van der Waals surface area contributed by atoms with Crippen molar-refractivity contribution < 1.29 is 9.53 Å². The van der Waals surface area contributed by atoms with E-state index in [-0.39, 0.29) is 6.09 Å². The third kappa shape index (κ3) is 6.06. The highest BCUT2D eigenvalue weighted by Crippen LogP contribution is 2.21. The smallest absolute Gasteiger partial charge is 0.410 e. The van der Waals surface area contributed by atoms with Crippen molar-refractivity contribution in [2.45, 2.75) is 60.0 Å². The molecular formula is C20H34N2O2. The molecule has 1 amide bonds. The van der Waals surface area contributed by atoms with Crippen LogP contribution in [0.25, 0.3) is 0 Å². The Labute approximate surface area is 147 Å². The van der Waals surface area contributed by atoms with Crippen LogP contribution in [0, 0.1) is 0 Å². The molecule has 0 N–H and O–H groups in total. The maximum absolute atomic E-state index is 12.1. The number of ether oxygens (including phenoxy) is 1. The average Bonchev–Trinajstić information content (AvgIpc) is 2.55.